The molecule has 0 aliphatic heterocycles. The Bertz CT molecular complexity index is 267. The second-order valence-electron chi connectivity index (χ2n) is 4.60. The summed E-state index contributed by atoms with van der Waals surface area (Å²) in [5, 5.41) is 0. The van der Waals surface area contributed by atoms with Crippen LogP contribution in [0.15, 0.2) is 4.99 Å². The first-order valence-electron chi connectivity index (χ1n) is 6.12. The average Bonchev–Trinajstić information content (AvgIpc) is 2.31. The number of aliphatic imine (C=N–C) groups is 1. The molecule has 0 heterocycles. The number of methoxy groups -OCH3 is 1. The lowest BCUT2D eigenvalue weighted by Gasteiger charge is -2.22. The van der Waals surface area contributed by atoms with Gasteiger partial charge in [-0.1, -0.05) is 0 Å². The zero-order chi connectivity index (χ0) is 14.1. The van der Waals surface area contributed by atoms with Crippen molar-refractivity contribution < 1.29 is 9.53 Å². The van der Waals surface area contributed by atoms with Crippen molar-refractivity contribution >= 4 is 11.9 Å². The summed E-state index contributed by atoms with van der Waals surface area (Å²) < 4.78 is 4.57. The van der Waals surface area contributed by atoms with Crippen molar-refractivity contribution in [1.82, 2.24) is 9.80 Å². The van der Waals surface area contributed by atoms with Crippen LogP contribution in [0.3, 0.4) is 0 Å². The summed E-state index contributed by atoms with van der Waals surface area (Å²) in [7, 11) is 9.21. The minimum absolute atomic E-state index is 0.347. The molecular weight excluding hydrogens is 232 g/mol. The first-order chi connectivity index (χ1) is 8.40. The van der Waals surface area contributed by atoms with Crippen LogP contribution in [0.4, 0.5) is 0 Å². The molecule has 0 saturated carbocycles. The molecule has 0 unspecified atom stereocenters. The maximum Gasteiger partial charge on any atom is 0.322 e. The standard InChI is InChI=1S/C12H26N4O2/c1-15(2)12(16(3)4)14-9-7-6-8-10(13)11(17)18-5/h10H,6-9,13H2,1-5H3/t10-/m0/s1. The lowest BCUT2D eigenvalue weighted by molar-refractivity contribution is -0.142. The van der Waals surface area contributed by atoms with E-state index in [9.17, 15) is 4.79 Å². The van der Waals surface area contributed by atoms with Crippen molar-refractivity contribution in [2.75, 3.05) is 41.8 Å². The molecule has 0 rings (SSSR count). The number of hydrogen-bond donors (Lipinski definition) is 1. The molecule has 6 nitrogen and oxygen atoms in total. The molecule has 0 fully saturated rings. The summed E-state index contributed by atoms with van der Waals surface area (Å²) in [6.45, 7) is 0.736. The number of ether oxygens (including phenoxy) is 1. The Morgan fingerprint density at radius 1 is 1.22 bits per heavy atom. The molecule has 1 atom stereocenters. The fraction of sp³-hybridized carbons (Fsp3) is 0.833. The maximum atomic E-state index is 11.1. The van der Waals surface area contributed by atoms with E-state index in [2.05, 4.69) is 9.73 Å². The monoisotopic (exact) mass is 258 g/mol. The number of nitrogens with zero attached hydrogens (tertiary/aromatic N) is 3. The Labute approximate surface area is 110 Å². The predicted octanol–water partition coefficient (Wildman–Crippen LogP) is 0.136. The van der Waals surface area contributed by atoms with Gasteiger partial charge in [-0.05, 0) is 19.3 Å². The van der Waals surface area contributed by atoms with Gasteiger partial charge in [-0.3, -0.25) is 9.79 Å². The lowest BCUT2D eigenvalue weighted by Crippen LogP contribution is -2.35. The fourth-order valence-corrected chi connectivity index (χ4v) is 1.61. The second-order valence-corrected chi connectivity index (χ2v) is 4.60. The molecule has 0 radical (unpaired) electrons. The molecule has 6 heteroatoms. The third-order valence-electron chi connectivity index (χ3n) is 2.48. The molecule has 0 saturated heterocycles. The average molecular weight is 258 g/mol. The van der Waals surface area contributed by atoms with Gasteiger partial charge in [0.1, 0.15) is 6.04 Å². The first kappa shape index (κ1) is 16.7. The van der Waals surface area contributed by atoms with Gasteiger partial charge in [0.25, 0.3) is 0 Å². The van der Waals surface area contributed by atoms with Crippen molar-refractivity contribution in [3.05, 3.63) is 0 Å². The molecule has 0 aromatic rings. The van der Waals surface area contributed by atoms with Crippen LogP contribution in [0.1, 0.15) is 19.3 Å². The van der Waals surface area contributed by atoms with Crippen LogP contribution in [0, 0.1) is 0 Å². The summed E-state index contributed by atoms with van der Waals surface area (Å²) in [5.74, 6) is 0.591. The molecule has 0 aromatic heterocycles. The molecule has 2 N–H and O–H groups in total. The van der Waals surface area contributed by atoms with Crippen LogP contribution in [-0.4, -0.2) is 69.6 Å². The smallest absolute Gasteiger partial charge is 0.322 e. The van der Waals surface area contributed by atoms with Crippen molar-refractivity contribution in [1.29, 1.82) is 0 Å². The summed E-state index contributed by atoms with van der Waals surface area (Å²) >= 11 is 0. The van der Waals surface area contributed by atoms with E-state index in [-0.39, 0.29) is 5.97 Å². The lowest BCUT2D eigenvalue weighted by atomic mass is 10.1. The molecular formula is C12H26N4O2. The number of hydrogen-bond acceptors (Lipinski definition) is 4. The van der Waals surface area contributed by atoms with Crippen LogP contribution in [0.25, 0.3) is 0 Å². The molecule has 18 heavy (non-hydrogen) atoms. The molecule has 0 aliphatic carbocycles. The summed E-state index contributed by atoms with van der Waals surface area (Å²) in [6, 6.07) is -0.513. The van der Waals surface area contributed by atoms with E-state index in [1.807, 2.05) is 38.0 Å². The second kappa shape index (κ2) is 8.74. The van der Waals surface area contributed by atoms with E-state index >= 15 is 0 Å². The van der Waals surface area contributed by atoms with Crippen LogP contribution < -0.4 is 5.73 Å². The molecule has 0 spiro atoms. The third-order valence-corrected chi connectivity index (χ3v) is 2.48. The van der Waals surface area contributed by atoms with E-state index in [1.165, 1.54) is 7.11 Å². The van der Waals surface area contributed by atoms with E-state index in [1.54, 1.807) is 0 Å². The van der Waals surface area contributed by atoms with Crippen molar-refractivity contribution in [2.24, 2.45) is 10.7 Å². The van der Waals surface area contributed by atoms with Crippen molar-refractivity contribution in [3.8, 4) is 0 Å². The minimum atomic E-state index is -0.513. The Kier molecular flexibility index (Phi) is 8.11. The Balaban J connectivity index is 3.91. The highest BCUT2D eigenvalue weighted by atomic mass is 16.5. The van der Waals surface area contributed by atoms with Gasteiger partial charge in [-0.2, -0.15) is 0 Å². The highest BCUT2D eigenvalue weighted by Crippen LogP contribution is 2.01. The van der Waals surface area contributed by atoms with Crippen molar-refractivity contribution in [3.63, 3.8) is 0 Å². The van der Waals surface area contributed by atoms with E-state index in [0.717, 1.165) is 25.3 Å². The van der Waals surface area contributed by atoms with Crippen LogP contribution in [0.5, 0.6) is 0 Å². The zero-order valence-corrected chi connectivity index (χ0v) is 12.1. The number of rotatable bonds is 6. The highest BCUT2D eigenvalue weighted by Gasteiger charge is 2.12. The zero-order valence-electron chi connectivity index (χ0n) is 12.1. The fourth-order valence-electron chi connectivity index (χ4n) is 1.61. The number of esters is 1. The van der Waals surface area contributed by atoms with Gasteiger partial charge in [-0.25, -0.2) is 0 Å². The van der Waals surface area contributed by atoms with E-state index in [4.69, 9.17) is 5.73 Å². The Morgan fingerprint density at radius 3 is 2.22 bits per heavy atom. The number of unbranched alkanes of at least 4 members (excludes halogenated alkanes) is 1. The molecule has 0 amide bonds. The van der Waals surface area contributed by atoms with Crippen molar-refractivity contribution in [2.45, 2.75) is 25.3 Å². The SMILES string of the molecule is COC(=O)[C@@H](N)CCCCN=C(N(C)C)N(C)C. The Morgan fingerprint density at radius 2 is 1.78 bits per heavy atom. The van der Waals surface area contributed by atoms with Crippen LogP contribution in [0.2, 0.25) is 0 Å². The molecule has 106 valence electrons. The number of guanidine groups is 1. The van der Waals surface area contributed by atoms with Crippen LogP contribution >= 0.6 is 0 Å². The van der Waals surface area contributed by atoms with Gasteiger partial charge in [-0.15, -0.1) is 0 Å². The summed E-state index contributed by atoms with van der Waals surface area (Å²) in [6.07, 6.45) is 2.42. The summed E-state index contributed by atoms with van der Waals surface area (Å²) in [4.78, 5) is 19.5. The van der Waals surface area contributed by atoms with E-state index in [0.29, 0.717) is 6.42 Å². The molecule has 0 aliphatic rings. The van der Waals surface area contributed by atoms with Gasteiger partial charge in [0.05, 0.1) is 7.11 Å². The predicted molar refractivity (Wildman–Crippen MR) is 73.5 cm³/mol. The third kappa shape index (κ3) is 6.44. The first-order valence-corrected chi connectivity index (χ1v) is 6.12. The highest BCUT2D eigenvalue weighted by molar-refractivity contribution is 5.79. The maximum absolute atomic E-state index is 11.1. The normalized spacial score (nSPS) is 11.7. The number of carbonyl (C=O) groups excluding carboxylic acids is 1. The quantitative estimate of drug-likeness (QED) is 0.317. The number of carbonyl (C=O) groups is 1. The molecule has 0 bridgehead atoms. The largest absolute Gasteiger partial charge is 0.468 e. The van der Waals surface area contributed by atoms with E-state index < -0.39 is 6.04 Å². The minimum Gasteiger partial charge on any atom is -0.468 e. The topological polar surface area (TPSA) is 71.2 Å². The Hall–Kier alpha value is -1.30. The molecule has 0 aromatic carbocycles. The van der Waals surface area contributed by atoms with Gasteiger partial charge < -0.3 is 20.3 Å². The van der Waals surface area contributed by atoms with Gasteiger partial charge in [0, 0.05) is 34.7 Å². The number of nitrogens with two attached hydrogens (primary N) is 1. The van der Waals surface area contributed by atoms with Gasteiger partial charge in [0.2, 0.25) is 0 Å². The van der Waals surface area contributed by atoms with Gasteiger partial charge >= 0.3 is 5.97 Å². The van der Waals surface area contributed by atoms with Gasteiger partial charge in [0.15, 0.2) is 5.96 Å². The summed E-state index contributed by atoms with van der Waals surface area (Å²) in [5.41, 5.74) is 5.64. The van der Waals surface area contributed by atoms with Crippen LogP contribution in [-0.2, 0) is 9.53 Å².